The van der Waals surface area contributed by atoms with Crippen molar-refractivity contribution in [2.75, 3.05) is 7.11 Å². The molecular formula is C17H23NO5. The molecule has 6 heteroatoms. The summed E-state index contributed by atoms with van der Waals surface area (Å²) in [5.41, 5.74) is 0.795. The second-order valence-electron chi connectivity index (χ2n) is 5.46. The van der Waals surface area contributed by atoms with E-state index in [-0.39, 0.29) is 12.5 Å². The summed E-state index contributed by atoms with van der Waals surface area (Å²) >= 11 is 0. The average Bonchev–Trinajstić information content (AvgIpc) is 2.45. The van der Waals surface area contributed by atoms with Gasteiger partial charge in [-0.1, -0.05) is 12.1 Å². The van der Waals surface area contributed by atoms with E-state index in [1.165, 1.54) is 13.8 Å². The SMILES string of the molecule is COc1ccc(CC(C(=O)OC(C)C)N(C(C)=O)C(C)=O)cc1. The fourth-order valence-corrected chi connectivity index (χ4v) is 2.24. The number of nitrogens with zero attached hydrogens (tertiary/aromatic N) is 1. The minimum absolute atomic E-state index is 0.189. The number of amides is 2. The van der Waals surface area contributed by atoms with Gasteiger partial charge in [-0.15, -0.1) is 0 Å². The lowest BCUT2D eigenvalue weighted by Gasteiger charge is -2.27. The Labute approximate surface area is 136 Å². The number of imide groups is 1. The number of carbonyl (C=O) groups is 3. The molecule has 0 radical (unpaired) electrons. The van der Waals surface area contributed by atoms with E-state index in [0.29, 0.717) is 5.75 Å². The summed E-state index contributed by atoms with van der Waals surface area (Å²) in [7, 11) is 1.56. The fraction of sp³-hybridized carbons (Fsp3) is 0.471. The second kappa shape index (κ2) is 8.31. The molecule has 0 aliphatic heterocycles. The van der Waals surface area contributed by atoms with Crippen LogP contribution in [0.1, 0.15) is 33.3 Å². The van der Waals surface area contributed by atoms with Crippen molar-refractivity contribution in [2.24, 2.45) is 0 Å². The van der Waals surface area contributed by atoms with Crippen LogP contribution in [0, 0.1) is 0 Å². The monoisotopic (exact) mass is 321 g/mol. The standard InChI is InChI=1S/C17H23NO5/c1-11(2)23-17(21)16(18(12(3)19)13(4)20)10-14-6-8-15(22-5)9-7-14/h6-9,11,16H,10H2,1-5H3. The van der Waals surface area contributed by atoms with Crippen LogP contribution in [0.2, 0.25) is 0 Å². The maximum atomic E-state index is 12.3. The van der Waals surface area contributed by atoms with E-state index in [1.54, 1.807) is 45.2 Å². The van der Waals surface area contributed by atoms with Gasteiger partial charge < -0.3 is 9.47 Å². The van der Waals surface area contributed by atoms with Crippen molar-refractivity contribution in [1.82, 2.24) is 4.90 Å². The molecule has 1 unspecified atom stereocenters. The number of rotatable bonds is 6. The van der Waals surface area contributed by atoms with Crippen LogP contribution in [0.15, 0.2) is 24.3 Å². The van der Waals surface area contributed by atoms with E-state index in [4.69, 9.17) is 9.47 Å². The molecule has 0 N–H and O–H groups in total. The van der Waals surface area contributed by atoms with Crippen LogP contribution in [0.5, 0.6) is 5.75 Å². The molecule has 0 heterocycles. The number of hydrogen-bond acceptors (Lipinski definition) is 5. The Morgan fingerprint density at radius 1 is 1.04 bits per heavy atom. The minimum atomic E-state index is -0.985. The third-order valence-corrected chi connectivity index (χ3v) is 3.20. The number of carbonyl (C=O) groups excluding carboxylic acids is 3. The zero-order chi connectivity index (χ0) is 17.6. The van der Waals surface area contributed by atoms with Gasteiger partial charge in [0.15, 0.2) is 0 Å². The van der Waals surface area contributed by atoms with Gasteiger partial charge >= 0.3 is 5.97 Å². The second-order valence-corrected chi connectivity index (χ2v) is 5.46. The quantitative estimate of drug-likeness (QED) is 0.749. The van der Waals surface area contributed by atoms with Crippen LogP contribution in [0.4, 0.5) is 0 Å². The first-order chi connectivity index (χ1) is 10.8. The van der Waals surface area contributed by atoms with E-state index < -0.39 is 23.8 Å². The molecule has 0 aromatic heterocycles. The summed E-state index contributed by atoms with van der Waals surface area (Å²) in [6.07, 6.45) is -0.143. The predicted molar refractivity (Wildman–Crippen MR) is 84.9 cm³/mol. The molecular weight excluding hydrogens is 298 g/mol. The van der Waals surface area contributed by atoms with Crippen molar-refractivity contribution in [3.05, 3.63) is 29.8 Å². The van der Waals surface area contributed by atoms with E-state index in [0.717, 1.165) is 10.5 Å². The summed E-state index contributed by atoms with van der Waals surface area (Å²) in [4.78, 5) is 36.8. The molecule has 6 nitrogen and oxygen atoms in total. The molecule has 1 aromatic carbocycles. The van der Waals surface area contributed by atoms with E-state index >= 15 is 0 Å². The van der Waals surface area contributed by atoms with Crippen LogP contribution < -0.4 is 4.74 Å². The summed E-state index contributed by atoms with van der Waals surface area (Å²) in [5.74, 6) is -0.889. The lowest BCUT2D eigenvalue weighted by Crippen LogP contribution is -2.49. The lowest BCUT2D eigenvalue weighted by atomic mass is 10.0. The van der Waals surface area contributed by atoms with Gasteiger partial charge in [0.1, 0.15) is 11.8 Å². The molecule has 0 saturated carbocycles. The molecule has 0 fully saturated rings. The molecule has 1 aromatic rings. The van der Waals surface area contributed by atoms with Crippen LogP contribution >= 0.6 is 0 Å². The van der Waals surface area contributed by atoms with Crippen molar-refractivity contribution in [3.8, 4) is 5.75 Å². The van der Waals surface area contributed by atoms with Crippen LogP contribution in [0.3, 0.4) is 0 Å². The van der Waals surface area contributed by atoms with Crippen LogP contribution in [-0.2, 0) is 25.5 Å². The fourth-order valence-electron chi connectivity index (χ4n) is 2.24. The lowest BCUT2D eigenvalue weighted by molar-refractivity contribution is -0.162. The Hall–Kier alpha value is -2.37. The molecule has 0 aliphatic carbocycles. The Morgan fingerprint density at radius 3 is 1.96 bits per heavy atom. The number of ether oxygens (including phenoxy) is 2. The molecule has 0 bridgehead atoms. The molecule has 23 heavy (non-hydrogen) atoms. The van der Waals surface area contributed by atoms with Gasteiger partial charge in [0.05, 0.1) is 13.2 Å². The zero-order valence-corrected chi connectivity index (χ0v) is 14.2. The van der Waals surface area contributed by atoms with Gasteiger partial charge in [0.25, 0.3) is 0 Å². The topological polar surface area (TPSA) is 72.9 Å². The van der Waals surface area contributed by atoms with Crippen molar-refractivity contribution < 1.29 is 23.9 Å². The maximum Gasteiger partial charge on any atom is 0.329 e. The molecule has 0 aliphatic rings. The highest BCUT2D eigenvalue weighted by molar-refractivity contribution is 5.97. The Kier molecular flexibility index (Phi) is 6.75. The Morgan fingerprint density at radius 2 is 1.57 bits per heavy atom. The highest BCUT2D eigenvalue weighted by atomic mass is 16.5. The summed E-state index contributed by atoms with van der Waals surface area (Å²) in [6, 6.07) is 6.10. The Balaban J connectivity index is 3.08. The molecule has 0 spiro atoms. The number of hydrogen-bond donors (Lipinski definition) is 0. The van der Waals surface area contributed by atoms with Crippen LogP contribution in [-0.4, -0.2) is 41.9 Å². The summed E-state index contributed by atoms with van der Waals surface area (Å²) in [6.45, 7) is 5.94. The van der Waals surface area contributed by atoms with E-state index in [9.17, 15) is 14.4 Å². The predicted octanol–water partition coefficient (Wildman–Crippen LogP) is 1.95. The first kappa shape index (κ1) is 18.7. The van der Waals surface area contributed by atoms with Gasteiger partial charge in [0, 0.05) is 20.3 Å². The number of benzene rings is 1. The first-order valence-corrected chi connectivity index (χ1v) is 7.40. The van der Waals surface area contributed by atoms with Crippen molar-refractivity contribution in [3.63, 3.8) is 0 Å². The highest BCUT2D eigenvalue weighted by Gasteiger charge is 2.33. The largest absolute Gasteiger partial charge is 0.497 e. The molecule has 1 atom stereocenters. The molecule has 126 valence electrons. The molecule has 0 saturated heterocycles. The number of methoxy groups -OCH3 is 1. The zero-order valence-electron chi connectivity index (χ0n) is 14.2. The number of esters is 1. The van der Waals surface area contributed by atoms with Gasteiger partial charge in [-0.05, 0) is 31.5 Å². The molecule has 2 amide bonds. The van der Waals surface area contributed by atoms with Gasteiger partial charge in [0.2, 0.25) is 11.8 Å². The van der Waals surface area contributed by atoms with E-state index in [2.05, 4.69) is 0 Å². The maximum absolute atomic E-state index is 12.3. The normalized spacial score (nSPS) is 11.7. The van der Waals surface area contributed by atoms with Gasteiger partial charge in [-0.2, -0.15) is 0 Å². The van der Waals surface area contributed by atoms with Gasteiger partial charge in [-0.3, -0.25) is 14.5 Å². The van der Waals surface area contributed by atoms with Crippen LogP contribution in [0.25, 0.3) is 0 Å². The van der Waals surface area contributed by atoms with Crippen molar-refractivity contribution in [2.45, 2.75) is 46.3 Å². The summed E-state index contributed by atoms with van der Waals surface area (Å²) < 4.78 is 10.3. The smallest absolute Gasteiger partial charge is 0.329 e. The average molecular weight is 321 g/mol. The third-order valence-electron chi connectivity index (χ3n) is 3.20. The van der Waals surface area contributed by atoms with Crippen molar-refractivity contribution >= 4 is 17.8 Å². The highest BCUT2D eigenvalue weighted by Crippen LogP contribution is 2.16. The third kappa shape index (κ3) is 5.39. The minimum Gasteiger partial charge on any atom is -0.497 e. The first-order valence-electron chi connectivity index (χ1n) is 7.40. The Bertz CT molecular complexity index is 551. The van der Waals surface area contributed by atoms with E-state index in [1.807, 2.05) is 0 Å². The van der Waals surface area contributed by atoms with Crippen molar-refractivity contribution in [1.29, 1.82) is 0 Å². The van der Waals surface area contributed by atoms with Gasteiger partial charge in [-0.25, -0.2) is 4.79 Å². The molecule has 1 rings (SSSR count). The summed E-state index contributed by atoms with van der Waals surface area (Å²) in [5, 5.41) is 0.